The molecule has 0 unspecified atom stereocenters. The van der Waals surface area contributed by atoms with Crippen LogP contribution in [0.2, 0.25) is 0 Å². The van der Waals surface area contributed by atoms with Gasteiger partial charge in [0.2, 0.25) is 0 Å². The van der Waals surface area contributed by atoms with Crippen LogP contribution in [-0.2, 0) is 0 Å². The Morgan fingerprint density at radius 2 is 1.67 bits per heavy atom. The first kappa shape index (κ1) is 20.5. The number of hydrogen-bond donors (Lipinski definition) is 1. The van der Waals surface area contributed by atoms with Gasteiger partial charge in [-0.25, -0.2) is 0 Å². The summed E-state index contributed by atoms with van der Waals surface area (Å²) in [6.07, 6.45) is -4.24. The van der Waals surface area contributed by atoms with Crippen molar-refractivity contribution in [2.75, 3.05) is 26.2 Å². The average molecular weight is 345 g/mol. The van der Waals surface area contributed by atoms with E-state index < -0.39 is 12.2 Å². The van der Waals surface area contributed by atoms with E-state index in [0.717, 1.165) is 11.1 Å². The van der Waals surface area contributed by atoms with Gasteiger partial charge in [0.25, 0.3) is 0 Å². The Hall–Kier alpha value is -0.490. The molecule has 122 valence electrons. The van der Waals surface area contributed by atoms with Crippen molar-refractivity contribution in [3.05, 3.63) is 34.9 Å². The first-order valence-electron chi connectivity index (χ1n) is 6.49. The predicted molar refractivity (Wildman–Crippen MR) is 83.7 cm³/mol. The van der Waals surface area contributed by atoms with Crippen molar-refractivity contribution in [1.82, 2.24) is 10.2 Å². The van der Waals surface area contributed by atoms with E-state index in [2.05, 4.69) is 5.32 Å². The summed E-state index contributed by atoms with van der Waals surface area (Å²) in [6, 6.07) is 3.67. The van der Waals surface area contributed by atoms with Crippen LogP contribution in [0.1, 0.15) is 22.7 Å². The first-order valence-corrected chi connectivity index (χ1v) is 6.49. The predicted octanol–water partition coefficient (Wildman–Crippen LogP) is 3.66. The van der Waals surface area contributed by atoms with Gasteiger partial charge in [-0.3, -0.25) is 4.90 Å². The number of nitrogens with one attached hydrogen (secondary N) is 1. The lowest BCUT2D eigenvalue weighted by atomic mass is 9.95. The van der Waals surface area contributed by atoms with Crippen LogP contribution in [0.15, 0.2) is 18.2 Å². The van der Waals surface area contributed by atoms with E-state index in [1.54, 1.807) is 19.1 Å². The minimum absolute atomic E-state index is 0. The van der Waals surface area contributed by atoms with Gasteiger partial charge in [-0.15, -0.1) is 24.8 Å². The van der Waals surface area contributed by atoms with Gasteiger partial charge >= 0.3 is 6.18 Å². The zero-order valence-electron chi connectivity index (χ0n) is 12.0. The summed E-state index contributed by atoms with van der Waals surface area (Å²) in [5.74, 6) is 0. The molecule has 0 radical (unpaired) electrons. The molecular formula is C14H21Cl2F3N2. The molecule has 1 aromatic carbocycles. The molecular weight excluding hydrogens is 324 g/mol. The highest BCUT2D eigenvalue weighted by Crippen LogP contribution is 2.39. The number of nitrogens with zero attached hydrogens (tertiary/aromatic N) is 1. The Balaban J connectivity index is 0.00000200. The second kappa shape index (κ2) is 8.22. The summed E-state index contributed by atoms with van der Waals surface area (Å²) in [6.45, 7) is 5.69. The standard InChI is InChI=1S/C14H19F3N2.2ClH/c1-10-4-3-5-12(11(10)2)13(14(15,16)17)19-8-6-18-7-9-19;;/h3-5,13,18H,6-9H2,1-2H3;2*1H/t13-;;/m0../s1. The maximum atomic E-state index is 13.4. The topological polar surface area (TPSA) is 15.3 Å². The van der Waals surface area contributed by atoms with Gasteiger partial charge in [0, 0.05) is 26.2 Å². The van der Waals surface area contributed by atoms with Crippen molar-refractivity contribution in [2.45, 2.75) is 26.1 Å². The summed E-state index contributed by atoms with van der Waals surface area (Å²) in [5.41, 5.74) is 2.03. The zero-order chi connectivity index (χ0) is 14.0. The van der Waals surface area contributed by atoms with Gasteiger partial charge in [-0.1, -0.05) is 18.2 Å². The van der Waals surface area contributed by atoms with Crippen LogP contribution in [0.3, 0.4) is 0 Å². The summed E-state index contributed by atoms with van der Waals surface area (Å²) < 4.78 is 40.3. The largest absolute Gasteiger partial charge is 0.408 e. The number of rotatable bonds is 2. The van der Waals surface area contributed by atoms with Crippen molar-refractivity contribution < 1.29 is 13.2 Å². The van der Waals surface area contributed by atoms with E-state index in [-0.39, 0.29) is 24.8 Å². The number of halogens is 5. The van der Waals surface area contributed by atoms with Gasteiger partial charge in [0.05, 0.1) is 0 Å². The Morgan fingerprint density at radius 1 is 1.10 bits per heavy atom. The van der Waals surface area contributed by atoms with Gasteiger partial charge in [-0.2, -0.15) is 13.2 Å². The second-order valence-corrected chi connectivity index (χ2v) is 5.02. The smallest absolute Gasteiger partial charge is 0.314 e. The Kier molecular flexibility index (Phi) is 8.03. The van der Waals surface area contributed by atoms with Crippen molar-refractivity contribution >= 4 is 24.8 Å². The van der Waals surface area contributed by atoms with Crippen LogP contribution in [0.25, 0.3) is 0 Å². The number of piperazine rings is 1. The highest BCUT2D eigenvalue weighted by atomic mass is 35.5. The van der Waals surface area contributed by atoms with Crippen molar-refractivity contribution in [3.63, 3.8) is 0 Å². The third kappa shape index (κ3) is 4.74. The molecule has 0 aromatic heterocycles. The Bertz CT molecular complexity index is 446. The lowest BCUT2D eigenvalue weighted by Gasteiger charge is -2.37. The lowest BCUT2D eigenvalue weighted by Crippen LogP contribution is -2.49. The maximum Gasteiger partial charge on any atom is 0.408 e. The number of hydrogen-bond acceptors (Lipinski definition) is 2. The monoisotopic (exact) mass is 344 g/mol. The third-order valence-corrected chi connectivity index (χ3v) is 3.77. The normalized spacial score (nSPS) is 17.6. The summed E-state index contributed by atoms with van der Waals surface area (Å²) >= 11 is 0. The molecule has 2 rings (SSSR count). The average Bonchev–Trinajstić information content (AvgIpc) is 2.35. The van der Waals surface area contributed by atoms with Gasteiger partial charge in [0.1, 0.15) is 6.04 Å². The van der Waals surface area contributed by atoms with Crippen LogP contribution in [0.4, 0.5) is 13.2 Å². The minimum atomic E-state index is -4.24. The molecule has 2 nitrogen and oxygen atoms in total. The highest BCUT2D eigenvalue weighted by Gasteiger charge is 2.45. The molecule has 1 saturated heterocycles. The lowest BCUT2D eigenvalue weighted by molar-refractivity contribution is -0.188. The van der Waals surface area contributed by atoms with E-state index in [1.165, 1.54) is 4.90 Å². The number of benzene rings is 1. The third-order valence-electron chi connectivity index (χ3n) is 3.77. The molecule has 7 heteroatoms. The van der Waals surface area contributed by atoms with Crippen molar-refractivity contribution in [2.24, 2.45) is 0 Å². The van der Waals surface area contributed by atoms with Gasteiger partial charge in [-0.05, 0) is 30.5 Å². The molecule has 0 aliphatic carbocycles. The molecule has 1 aliphatic heterocycles. The SMILES string of the molecule is Cc1cccc([C@H](N2CCNCC2)C(F)(F)F)c1C.Cl.Cl. The molecule has 0 bridgehead atoms. The first-order chi connectivity index (χ1) is 8.91. The van der Waals surface area contributed by atoms with E-state index in [0.29, 0.717) is 31.7 Å². The molecule has 1 fully saturated rings. The zero-order valence-corrected chi connectivity index (χ0v) is 13.7. The summed E-state index contributed by atoms with van der Waals surface area (Å²) in [4.78, 5) is 1.53. The molecule has 0 amide bonds. The van der Waals surface area contributed by atoms with Crippen molar-refractivity contribution in [3.8, 4) is 0 Å². The molecule has 1 aliphatic rings. The molecule has 1 heterocycles. The van der Waals surface area contributed by atoms with Gasteiger partial charge < -0.3 is 5.32 Å². The van der Waals surface area contributed by atoms with Crippen LogP contribution in [0, 0.1) is 13.8 Å². The Labute approximate surface area is 135 Å². The van der Waals surface area contributed by atoms with Crippen LogP contribution >= 0.6 is 24.8 Å². The molecule has 1 N–H and O–H groups in total. The molecule has 1 atom stereocenters. The van der Waals surface area contributed by atoms with E-state index in [1.807, 2.05) is 13.0 Å². The van der Waals surface area contributed by atoms with Crippen LogP contribution < -0.4 is 5.32 Å². The fourth-order valence-corrected chi connectivity index (χ4v) is 2.59. The summed E-state index contributed by atoms with van der Waals surface area (Å²) in [7, 11) is 0. The highest BCUT2D eigenvalue weighted by molar-refractivity contribution is 5.85. The minimum Gasteiger partial charge on any atom is -0.314 e. The molecule has 0 spiro atoms. The quantitative estimate of drug-likeness (QED) is 0.880. The van der Waals surface area contributed by atoms with E-state index in [9.17, 15) is 13.2 Å². The van der Waals surface area contributed by atoms with Crippen LogP contribution in [-0.4, -0.2) is 37.3 Å². The second-order valence-electron chi connectivity index (χ2n) is 5.02. The summed E-state index contributed by atoms with van der Waals surface area (Å²) in [5, 5.41) is 3.09. The van der Waals surface area contributed by atoms with Gasteiger partial charge in [0.15, 0.2) is 0 Å². The fourth-order valence-electron chi connectivity index (χ4n) is 2.59. The molecule has 0 saturated carbocycles. The Morgan fingerprint density at radius 3 is 2.19 bits per heavy atom. The molecule has 21 heavy (non-hydrogen) atoms. The van der Waals surface area contributed by atoms with E-state index >= 15 is 0 Å². The number of aryl methyl sites for hydroxylation is 1. The van der Waals surface area contributed by atoms with E-state index in [4.69, 9.17) is 0 Å². The molecule has 1 aromatic rings. The van der Waals surface area contributed by atoms with Crippen molar-refractivity contribution in [1.29, 1.82) is 0 Å². The number of alkyl halides is 3. The maximum absolute atomic E-state index is 13.4. The van der Waals surface area contributed by atoms with Crippen LogP contribution in [0.5, 0.6) is 0 Å². The fraction of sp³-hybridized carbons (Fsp3) is 0.571.